The van der Waals surface area contributed by atoms with Crippen LogP contribution in [0.3, 0.4) is 0 Å². The topological polar surface area (TPSA) is 86.7 Å². The highest BCUT2D eigenvalue weighted by Gasteiger charge is 2.53. The molecule has 10 heteroatoms. The standard InChI is InChI=1S/C17H19F3N2O4.ClH/c1-9(15(24)21-14-6-4-3-5-11(14)10(2)23)22-7-12(16(25)26)13(8-22)17(18,19)20;/h3-6,9,12-13H,7-8H2,1-2H3,(H,21,24)(H,25,26);1H/t9?,12-,13-;/m1./s1. The molecule has 1 amide bonds. The Kier molecular flexibility index (Phi) is 7.39. The SMILES string of the molecule is CC(=O)c1ccccc1NC(=O)C(C)N1C[C@@H](C(F)(F)F)[C@H](C(=O)O)C1.Cl. The van der Waals surface area contributed by atoms with Crippen LogP contribution in [0, 0.1) is 11.8 Å². The van der Waals surface area contributed by atoms with Crippen LogP contribution in [0.5, 0.6) is 0 Å². The number of aliphatic carboxylic acids is 1. The van der Waals surface area contributed by atoms with Crippen molar-refractivity contribution in [2.75, 3.05) is 18.4 Å². The highest BCUT2D eigenvalue weighted by atomic mass is 35.5. The molecule has 1 aliphatic heterocycles. The molecule has 150 valence electrons. The zero-order chi connectivity index (χ0) is 19.6. The number of hydrogen-bond acceptors (Lipinski definition) is 4. The highest BCUT2D eigenvalue weighted by molar-refractivity contribution is 6.04. The molecule has 1 aliphatic rings. The monoisotopic (exact) mass is 408 g/mol. The number of carboxylic acid groups (broad SMARTS) is 1. The number of ketones is 1. The fraction of sp³-hybridized carbons (Fsp3) is 0.471. The van der Waals surface area contributed by atoms with Crippen LogP contribution in [-0.4, -0.2) is 53.0 Å². The van der Waals surface area contributed by atoms with E-state index < -0.39 is 42.5 Å². The van der Waals surface area contributed by atoms with Gasteiger partial charge in [-0.05, 0) is 26.0 Å². The molecule has 0 spiro atoms. The van der Waals surface area contributed by atoms with Gasteiger partial charge in [0.1, 0.15) is 0 Å². The molecule has 0 saturated carbocycles. The Morgan fingerprint density at radius 1 is 1.22 bits per heavy atom. The van der Waals surface area contributed by atoms with Crippen LogP contribution >= 0.6 is 12.4 Å². The first kappa shape index (κ1) is 22.9. The van der Waals surface area contributed by atoms with Crippen LogP contribution < -0.4 is 5.32 Å². The number of benzene rings is 1. The van der Waals surface area contributed by atoms with Gasteiger partial charge in [0.05, 0.1) is 23.6 Å². The van der Waals surface area contributed by atoms with E-state index in [1.54, 1.807) is 12.1 Å². The summed E-state index contributed by atoms with van der Waals surface area (Å²) < 4.78 is 39.2. The van der Waals surface area contributed by atoms with Gasteiger partial charge in [0, 0.05) is 18.7 Å². The average Bonchev–Trinajstić information content (AvgIpc) is 3.00. The van der Waals surface area contributed by atoms with Crippen molar-refractivity contribution in [2.45, 2.75) is 26.1 Å². The fourth-order valence-corrected chi connectivity index (χ4v) is 3.03. The molecule has 1 unspecified atom stereocenters. The van der Waals surface area contributed by atoms with Gasteiger partial charge in [0.15, 0.2) is 5.78 Å². The summed E-state index contributed by atoms with van der Waals surface area (Å²) in [6.45, 7) is 1.80. The zero-order valence-corrected chi connectivity index (χ0v) is 15.4. The van der Waals surface area contributed by atoms with Crippen molar-refractivity contribution < 1.29 is 32.7 Å². The van der Waals surface area contributed by atoms with Crippen LogP contribution in [0.2, 0.25) is 0 Å². The van der Waals surface area contributed by atoms with E-state index in [9.17, 15) is 27.6 Å². The first-order valence-corrected chi connectivity index (χ1v) is 7.96. The summed E-state index contributed by atoms with van der Waals surface area (Å²) in [6.07, 6.45) is -4.66. The summed E-state index contributed by atoms with van der Waals surface area (Å²) in [5.41, 5.74) is 0.546. The van der Waals surface area contributed by atoms with Crippen molar-refractivity contribution in [3.63, 3.8) is 0 Å². The number of hydrogen-bond donors (Lipinski definition) is 2. The van der Waals surface area contributed by atoms with E-state index in [4.69, 9.17) is 5.11 Å². The molecule has 1 aromatic carbocycles. The summed E-state index contributed by atoms with van der Waals surface area (Å²) in [5.74, 6) is -6.05. The van der Waals surface area contributed by atoms with E-state index >= 15 is 0 Å². The largest absolute Gasteiger partial charge is 0.481 e. The average molecular weight is 409 g/mol. The van der Waals surface area contributed by atoms with Crippen molar-refractivity contribution in [1.29, 1.82) is 0 Å². The summed E-state index contributed by atoms with van der Waals surface area (Å²) >= 11 is 0. The summed E-state index contributed by atoms with van der Waals surface area (Å²) in [7, 11) is 0. The second-order valence-corrected chi connectivity index (χ2v) is 6.31. The van der Waals surface area contributed by atoms with E-state index in [0.29, 0.717) is 0 Å². The molecule has 1 heterocycles. The van der Waals surface area contributed by atoms with Crippen LogP contribution in [0.15, 0.2) is 24.3 Å². The highest BCUT2D eigenvalue weighted by Crippen LogP contribution is 2.38. The number of anilines is 1. The van der Waals surface area contributed by atoms with Gasteiger partial charge in [-0.1, -0.05) is 12.1 Å². The molecule has 0 aromatic heterocycles. The molecule has 2 rings (SSSR count). The maximum absolute atomic E-state index is 13.1. The predicted octanol–water partition coefficient (Wildman–Crippen LogP) is 2.83. The van der Waals surface area contributed by atoms with E-state index in [2.05, 4.69) is 5.32 Å². The Morgan fingerprint density at radius 2 is 1.81 bits per heavy atom. The number of carbonyl (C=O) groups is 3. The minimum atomic E-state index is -4.66. The molecule has 6 nitrogen and oxygen atoms in total. The number of amides is 1. The molecule has 2 N–H and O–H groups in total. The van der Waals surface area contributed by atoms with E-state index in [1.165, 1.54) is 30.9 Å². The minimum Gasteiger partial charge on any atom is -0.481 e. The normalized spacial score (nSPS) is 21.2. The van der Waals surface area contributed by atoms with Gasteiger partial charge in [-0.3, -0.25) is 19.3 Å². The van der Waals surface area contributed by atoms with Crippen LogP contribution in [0.25, 0.3) is 0 Å². The minimum absolute atomic E-state index is 0. The Morgan fingerprint density at radius 3 is 2.30 bits per heavy atom. The molecule has 0 radical (unpaired) electrons. The quantitative estimate of drug-likeness (QED) is 0.732. The summed E-state index contributed by atoms with van der Waals surface area (Å²) in [4.78, 5) is 36.3. The van der Waals surface area contributed by atoms with Crippen molar-refractivity contribution in [1.82, 2.24) is 4.90 Å². The second kappa shape index (κ2) is 8.71. The molecule has 27 heavy (non-hydrogen) atoms. The smallest absolute Gasteiger partial charge is 0.393 e. The maximum Gasteiger partial charge on any atom is 0.393 e. The van der Waals surface area contributed by atoms with E-state index in [0.717, 1.165) is 0 Å². The number of Topliss-reactive ketones (excluding diaryl/α,β-unsaturated/α-hetero) is 1. The third-order valence-electron chi connectivity index (χ3n) is 4.58. The summed E-state index contributed by atoms with van der Waals surface area (Å²) in [6, 6.07) is 5.30. The van der Waals surface area contributed by atoms with Crippen molar-refractivity contribution >= 4 is 35.8 Å². The van der Waals surface area contributed by atoms with Crippen molar-refractivity contribution in [2.24, 2.45) is 11.8 Å². The third kappa shape index (κ3) is 5.20. The molecule has 3 atom stereocenters. The lowest BCUT2D eigenvalue weighted by Gasteiger charge is -2.24. The van der Waals surface area contributed by atoms with Crippen LogP contribution in [-0.2, 0) is 9.59 Å². The van der Waals surface area contributed by atoms with Crippen molar-refractivity contribution in [3.05, 3.63) is 29.8 Å². The van der Waals surface area contributed by atoms with E-state index in [-0.39, 0.29) is 36.0 Å². The number of likely N-dealkylation sites (tertiary alicyclic amines) is 1. The lowest BCUT2D eigenvalue weighted by atomic mass is 9.96. The molecular formula is C17H20ClF3N2O4. The molecule has 1 aromatic rings. The lowest BCUT2D eigenvalue weighted by molar-refractivity contribution is -0.188. The van der Waals surface area contributed by atoms with Crippen LogP contribution in [0.1, 0.15) is 24.2 Å². The third-order valence-corrected chi connectivity index (χ3v) is 4.58. The number of para-hydroxylation sites is 1. The zero-order valence-electron chi connectivity index (χ0n) is 14.6. The number of carboxylic acids is 1. The number of halogens is 4. The molecule has 0 aliphatic carbocycles. The second-order valence-electron chi connectivity index (χ2n) is 6.31. The number of rotatable bonds is 5. The Bertz CT molecular complexity index is 726. The number of nitrogens with zero attached hydrogens (tertiary/aromatic N) is 1. The van der Waals surface area contributed by atoms with Gasteiger partial charge in [-0.15, -0.1) is 12.4 Å². The van der Waals surface area contributed by atoms with E-state index in [1.807, 2.05) is 0 Å². The van der Waals surface area contributed by atoms with Crippen LogP contribution in [0.4, 0.5) is 18.9 Å². The van der Waals surface area contributed by atoms with Crippen molar-refractivity contribution in [3.8, 4) is 0 Å². The Hall–Kier alpha value is -2.13. The molecule has 0 bridgehead atoms. The van der Waals surface area contributed by atoms with Gasteiger partial charge < -0.3 is 10.4 Å². The lowest BCUT2D eigenvalue weighted by Crippen LogP contribution is -2.41. The first-order chi connectivity index (χ1) is 12.0. The van der Waals surface area contributed by atoms with Gasteiger partial charge in [0.2, 0.25) is 5.91 Å². The Balaban J connectivity index is 0.00000364. The summed E-state index contributed by atoms with van der Waals surface area (Å²) in [5, 5.41) is 11.6. The molecular weight excluding hydrogens is 389 g/mol. The fourth-order valence-electron chi connectivity index (χ4n) is 3.03. The molecule has 1 saturated heterocycles. The van der Waals surface area contributed by atoms with Gasteiger partial charge in [-0.25, -0.2) is 0 Å². The van der Waals surface area contributed by atoms with Gasteiger partial charge >= 0.3 is 12.1 Å². The van der Waals surface area contributed by atoms with Gasteiger partial charge in [-0.2, -0.15) is 13.2 Å². The Labute approximate surface area is 160 Å². The number of nitrogens with one attached hydrogen (secondary N) is 1. The number of alkyl halides is 3. The maximum atomic E-state index is 13.1. The predicted molar refractivity (Wildman–Crippen MR) is 94.0 cm³/mol. The first-order valence-electron chi connectivity index (χ1n) is 7.96. The number of carbonyl (C=O) groups excluding carboxylic acids is 2. The molecule has 1 fully saturated rings. The van der Waals surface area contributed by atoms with Gasteiger partial charge in [0.25, 0.3) is 0 Å².